The first-order chi connectivity index (χ1) is 9.24. The summed E-state index contributed by atoms with van der Waals surface area (Å²) in [5, 5.41) is 2.90. The van der Waals surface area contributed by atoms with Gasteiger partial charge in [0.2, 0.25) is 5.91 Å². The lowest BCUT2D eigenvalue weighted by Crippen LogP contribution is -2.22. The monoisotopic (exact) mass is 279 g/mol. The van der Waals surface area contributed by atoms with E-state index in [9.17, 15) is 4.79 Å². The average Bonchev–Trinajstić information content (AvgIpc) is 2.47. The Bertz CT molecular complexity index is 483. The van der Waals surface area contributed by atoms with Crippen LogP contribution in [0.3, 0.4) is 0 Å². The van der Waals surface area contributed by atoms with E-state index >= 15 is 0 Å². The predicted octanol–water partition coefficient (Wildman–Crippen LogP) is 3.28. The van der Waals surface area contributed by atoms with E-state index in [-0.39, 0.29) is 11.3 Å². The molecular weight excluding hydrogens is 262 g/mol. The Balaban J connectivity index is 1.79. The average molecular weight is 280 g/mol. The van der Waals surface area contributed by atoms with Crippen LogP contribution in [0.15, 0.2) is 18.2 Å². The van der Waals surface area contributed by atoms with Gasteiger partial charge in [0.05, 0.1) is 12.0 Å². The molecular formula is C15H18ClNO2. The van der Waals surface area contributed by atoms with E-state index in [1.165, 1.54) is 5.56 Å². The molecule has 2 heterocycles. The SMILES string of the molecule is O=C1CCc2cc(C(Cl)C3CCCOC3)ccc2N1. The highest BCUT2D eigenvalue weighted by molar-refractivity contribution is 6.21. The molecule has 3 rings (SSSR count). The van der Waals surface area contributed by atoms with Crippen LogP contribution in [0.1, 0.15) is 35.8 Å². The Kier molecular flexibility index (Phi) is 3.76. The first-order valence-corrected chi connectivity index (χ1v) is 7.32. The number of hydrogen-bond donors (Lipinski definition) is 1. The van der Waals surface area contributed by atoms with Gasteiger partial charge in [0, 0.05) is 24.6 Å². The third-order valence-corrected chi connectivity index (χ3v) is 4.56. The number of halogens is 1. The number of hydrogen-bond acceptors (Lipinski definition) is 2. The van der Waals surface area contributed by atoms with E-state index < -0.39 is 0 Å². The van der Waals surface area contributed by atoms with Crippen molar-refractivity contribution in [2.45, 2.75) is 31.1 Å². The second-order valence-electron chi connectivity index (χ2n) is 5.34. The fourth-order valence-corrected chi connectivity index (χ4v) is 3.18. The van der Waals surface area contributed by atoms with Crippen LogP contribution in [0.2, 0.25) is 0 Å². The van der Waals surface area contributed by atoms with Crippen molar-refractivity contribution in [3.63, 3.8) is 0 Å². The van der Waals surface area contributed by atoms with Crippen LogP contribution in [0.5, 0.6) is 0 Å². The molecule has 1 amide bonds. The van der Waals surface area contributed by atoms with Gasteiger partial charge in [-0.1, -0.05) is 12.1 Å². The van der Waals surface area contributed by atoms with Crippen LogP contribution >= 0.6 is 11.6 Å². The lowest BCUT2D eigenvalue weighted by Gasteiger charge is -2.27. The molecule has 2 atom stereocenters. The van der Waals surface area contributed by atoms with E-state index in [1.807, 2.05) is 12.1 Å². The largest absolute Gasteiger partial charge is 0.381 e. The number of alkyl halides is 1. The maximum absolute atomic E-state index is 11.3. The fraction of sp³-hybridized carbons (Fsp3) is 0.533. The van der Waals surface area contributed by atoms with Gasteiger partial charge < -0.3 is 10.1 Å². The molecule has 0 aromatic heterocycles. The van der Waals surface area contributed by atoms with Gasteiger partial charge in [0.15, 0.2) is 0 Å². The molecule has 1 aromatic rings. The molecule has 0 bridgehead atoms. The second kappa shape index (κ2) is 5.51. The molecule has 0 aliphatic carbocycles. The molecule has 1 aromatic carbocycles. The molecule has 2 aliphatic rings. The van der Waals surface area contributed by atoms with Crippen molar-refractivity contribution in [1.82, 2.24) is 0 Å². The summed E-state index contributed by atoms with van der Waals surface area (Å²) < 4.78 is 5.51. The van der Waals surface area contributed by atoms with Crippen LogP contribution in [-0.4, -0.2) is 19.1 Å². The molecule has 3 nitrogen and oxygen atoms in total. The van der Waals surface area contributed by atoms with E-state index in [2.05, 4.69) is 11.4 Å². The zero-order valence-corrected chi connectivity index (χ0v) is 11.6. The van der Waals surface area contributed by atoms with Crippen LogP contribution in [0.25, 0.3) is 0 Å². The molecule has 0 radical (unpaired) electrons. The number of ether oxygens (including phenoxy) is 1. The van der Waals surface area contributed by atoms with Gasteiger partial charge in [-0.15, -0.1) is 11.6 Å². The minimum atomic E-state index is 0.00299. The van der Waals surface area contributed by atoms with Crippen LogP contribution in [-0.2, 0) is 16.0 Å². The third-order valence-electron chi connectivity index (χ3n) is 3.95. The van der Waals surface area contributed by atoms with Gasteiger partial charge in [0.1, 0.15) is 0 Å². The van der Waals surface area contributed by atoms with Crippen LogP contribution < -0.4 is 5.32 Å². The number of carbonyl (C=O) groups is 1. The lowest BCUT2D eigenvalue weighted by atomic mass is 9.91. The van der Waals surface area contributed by atoms with E-state index in [0.717, 1.165) is 43.7 Å². The topological polar surface area (TPSA) is 38.3 Å². The van der Waals surface area contributed by atoms with Gasteiger partial charge in [-0.25, -0.2) is 0 Å². The highest BCUT2D eigenvalue weighted by atomic mass is 35.5. The highest BCUT2D eigenvalue weighted by Crippen LogP contribution is 2.36. The molecule has 0 spiro atoms. The summed E-state index contributed by atoms with van der Waals surface area (Å²) in [5.74, 6) is 0.495. The number of fused-ring (bicyclic) bond motifs is 1. The first-order valence-electron chi connectivity index (χ1n) is 6.88. The van der Waals surface area contributed by atoms with Crippen molar-refractivity contribution >= 4 is 23.2 Å². The van der Waals surface area contributed by atoms with Gasteiger partial charge in [-0.2, -0.15) is 0 Å². The van der Waals surface area contributed by atoms with Gasteiger partial charge >= 0.3 is 0 Å². The minimum Gasteiger partial charge on any atom is -0.381 e. The summed E-state index contributed by atoms with van der Waals surface area (Å²) in [5.41, 5.74) is 3.27. The van der Waals surface area contributed by atoms with Crippen LogP contribution in [0.4, 0.5) is 5.69 Å². The summed E-state index contributed by atoms with van der Waals surface area (Å²) in [6.45, 7) is 1.61. The Labute approximate surface area is 118 Å². The molecule has 19 heavy (non-hydrogen) atoms. The highest BCUT2D eigenvalue weighted by Gasteiger charge is 2.25. The van der Waals surface area contributed by atoms with E-state index in [1.54, 1.807) is 0 Å². The van der Waals surface area contributed by atoms with Crippen molar-refractivity contribution in [2.24, 2.45) is 5.92 Å². The van der Waals surface area contributed by atoms with Crippen LogP contribution in [0, 0.1) is 5.92 Å². The second-order valence-corrected chi connectivity index (χ2v) is 5.81. The maximum Gasteiger partial charge on any atom is 0.224 e. The summed E-state index contributed by atoms with van der Waals surface area (Å²) in [4.78, 5) is 11.3. The molecule has 1 N–H and O–H groups in total. The molecule has 4 heteroatoms. The normalized spacial score (nSPS) is 24.5. The Hall–Kier alpha value is -1.06. The molecule has 1 fully saturated rings. The number of benzene rings is 1. The summed E-state index contributed by atoms with van der Waals surface area (Å²) >= 11 is 6.59. The molecule has 2 unspecified atom stereocenters. The van der Waals surface area contributed by atoms with Crippen molar-refractivity contribution in [3.8, 4) is 0 Å². The Morgan fingerprint density at radius 2 is 2.26 bits per heavy atom. The minimum absolute atomic E-state index is 0.00299. The number of carbonyl (C=O) groups excluding carboxylic acids is 1. The fourth-order valence-electron chi connectivity index (χ4n) is 2.84. The molecule has 2 aliphatic heterocycles. The summed E-state index contributed by atoms with van der Waals surface area (Å²) in [7, 11) is 0. The van der Waals surface area contributed by atoms with Gasteiger partial charge in [-0.05, 0) is 36.5 Å². The van der Waals surface area contributed by atoms with E-state index in [4.69, 9.17) is 16.3 Å². The summed E-state index contributed by atoms with van der Waals surface area (Å²) in [6, 6.07) is 6.14. The van der Waals surface area contributed by atoms with Crippen molar-refractivity contribution < 1.29 is 9.53 Å². The zero-order chi connectivity index (χ0) is 13.2. The number of nitrogens with one attached hydrogen (secondary N) is 1. The Morgan fingerprint density at radius 1 is 1.37 bits per heavy atom. The number of amides is 1. The quantitative estimate of drug-likeness (QED) is 0.844. The molecule has 0 saturated carbocycles. The Morgan fingerprint density at radius 3 is 3.05 bits per heavy atom. The smallest absolute Gasteiger partial charge is 0.224 e. The standard InChI is InChI=1S/C15H18ClNO2/c16-15(12-2-1-7-19-9-12)11-3-5-13-10(8-11)4-6-14(18)17-13/h3,5,8,12,15H,1-2,4,6-7,9H2,(H,17,18). The maximum atomic E-state index is 11.3. The van der Waals surface area contributed by atoms with Crippen molar-refractivity contribution in [1.29, 1.82) is 0 Å². The summed E-state index contributed by atoms with van der Waals surface area (Å²) in [6.07, 6.45) is 3.59. The first kappa shape index (κ1) is 12.9. The van der Waals surface area contributed by atoms with Crippen molar-refractivity contribution in [2.75, 3.05) is 18.5 Å². The predicted molar refractivity (Wildman–Crippen MR) is 75.5 cm³/mol. The third kappa shape index (κ3) is 2.77. The van der Waals surface area contributed by atoms with Gasteiger partial charge in [-0.3, -0.25) is 4.79 Å². The molecule has 102 valence electrons. The van der Waals surface area contributed by atoms with E-state index in [0.29, 0.717) is 12.3 Å². The zero-order valence-electron chi connectivity index (χ0n) is 10.8. The number of aryl methyl sites for hydroxylation is 1. The van der Waals surface area contributed by atoms with Crippen molar-refractivity contribution in [3.05, 3.63) is 29.3 Å². The number of anilines is 1. The molecule has 1 saturated heterocycles. The number of rotatable bonds is 2. The lowest BCUT2D eigenvalue weighted by molar-refractivity contribution is -0.116. The van der Waals surface area contributed by atoms with Gasteiger partial charge in [0.25, 0.3) is 0 Å².